The fourth-order valence-electron chi connectivity index (χ4n) is 1.47. The molecule has 0 unspecified atom stereocenters. The smallest absolute Gasteiger partial charge is 0.0929 e. The Morgan fingerprint density at radius 1 is 0.950 bits per heavy atom. The summed E-state index contributed by atoms with van der Waals surface area (Å²) >= 11 is 0. The molecular weight excluding hydrogens is 244 g/mol. The zero-order chi connectivity index (χ0) is 14.8. The Morgan fingerprint density at radius 3 is 2.30 bits per heavy atom. The first-order valence-electron chi connectivity index (χ1n) is 6.14. The monoisotopic (exact) mass is 262 g/mol. The molecule has 1 rings (SSSR count). The largest absolute Gasteiger partial charge is 0.159 e. The van der Waals surface area contributed by atoms with E-state index in [9.17, 15) is 0 Å². The number of nitrogens with zero attached hydrogens (tertiary/aromatic N) is 2. The van der Waals surface area contributed by atoms with Gasteiger partial charge < -0.3 is 0 Å². The standard InChI is InChI=1S/C18H18N2/c1-5-9-18(20-19-6-2)17-13-12-15(3)10-7-8-11-16(4)14-17/h5-14H,1-4H2/b10-7?,11-8?,13-12?,17-14?,18-9-,20-19-. The van der Waals surface area contributed by atoms with Crippen LogP contribution in [-0.2, 0) is 0 Å². The zero-order valence-electron chi connectivity index (χ0n) is 11.5. The normalized spacial score (nSPS) is 10.9. The maximum atomic E-state index is 4.11. The Morgan fingerprint density at radius 2 is 1.65 bits per heavy atom. The van der Waals surface area contributed by atoms with E-state index in [0.717, 1.165) is 16.0 Å². The van der Waals surface area contributed by atoms with Crippen molar-refractivity contribution in [3.05, 3.63) is 90.0 Å². The molecule has 0 atom stereocenters. The lowest BCUT2D eigenvalue weighted by Gasteiger charge is -1.97. The van der Waals surface area contributed by atoms with Gasteiger partial charge in [-0.15, -0.1) is 0 Å². The van der Waals surface area contributed by atoms with Gasteiger partial charge in [0.15, 0.2) is 0 Å². The molecule has 0 radical (unpaired) electrons. The average Bonchev–Trinajstić information content (AvgIpc) is 2.44. The molecule has 0 heterocycles. The van der Waals surface area contributed by atoms with Crippen molar-refractivity contribution in [1.82, 2.24) is 0 Å². The van der Waals surface area contributed by atoms with E-state index in [1.54, 1.807) is 12.2 Å². The summed E-state index contributed by atoms with van der Waals surface area (Å²) in [6, 6.07) is 13.4. The van der Waals surface area contributed by atoms with Crippen molar-refractivity contribution in [2.45, 2.75) is 0 Å². The van der Waals surface area contributed by atoms with Gasteiger partial charge in [-0.2, -0.15) is 10.2 Å². The van der Waals surface area contributed by atoms with Crippen LogP contribution in [0.1, 0.15) is 5.56 Å². The van der Waals surface area contributed by atoms with Gasteiger partial charge in [-0.05, 0) is 22.6 Å². The lowest BCUT2D eigenvalue weighted by atomic mass is 10.1. The molecule has 0 aliphatic rings. The van der Waals surface area contributed by atoms with Crippen molar-refractivity contribution in [3.8, 4) is 0 Å². The second-order valence-electron chi connectivity index (χ2n) is 3.99. The predicted molar refractivity (Wildman–Crippen MR) is 87.6 cm³/mol. The lowest BCUT2D eigenvalue weighted by molar-refractivity contribution is 1.24. The molecule has 2 nitrogen and oxygen atoms in total. The van der Waals surface area contributed by atoms with Gasteiger partial charge in [0.25, 0.3) is 0 Å². The third-order valence-corrected chi connectivity index (χ3v) is 2.37. The number of hydrogen-bond acceptors (Lipinski definition) is 2. The predicted octanol–water partition coefficient (Wildman–Crippen LogP) is 3.75. The first kappa shape index (κ1) is 15.3. The zero-order valence-corrected chi connectivity index (χ0v) is 11.5. The molecule has 0 aromatic heterocycles. The summed E-state index contributed by atoms with van der Waals surface area (Å²) in [6.45, 7) is 15.1. The fourth-order valence-corrected chi connectivity index (χ4v) is 1.47. The summed E-state index contributed by atoms with van der Waals surface area (Å²) in [5.74, 6) is 0. The van der Waals surface area contributed by atoms with Crippen molar-refractivity contribution < 1.29 is 0 Å². The van der Waals surface area contributed by atoms with Crippen LogP contribution in [0.25, 0.3) is 18.9 Å². The lowest BCUT2D eigenvalue weighted by Crippen LogP contribution is -1.96. The van der Waals surface area contributed by atoms with E-state index in [1.807, 2.05) is 42.5 Å². The van der Waals surface area contributed by atoms with Crippen LogP contribution in [0.4, 0.5) is 0 Å². The van der Waals surface area contributed by atoms with Crippen LogP contribution in [0.15, 0.2) is 84.2 Å². The maximum absolute atomic E-state index is 4.11. The fraction of sp³-hybridized carbons (Fsp3) is 0. The van der Waals surface area contributed by atoms with Crippen molar-refractivity contribution >= 4 is 18.9 Å². The van der Waals surface area contributed by atoms with E-state index in [1.165, 1.54) is 6.20 Å². The van der Waals surface area contributed by atoms with Crippen LogP contribution in [0.2, 0.25) is 0 Å². The molecule has 0 saturated carbocycles. The van der Waals surface area contributed by atoms with Crippen LogP contribution >= 0.6 is 0 Å². The van der Waals surface area contributed by atoms with E-state index < -0.39 is 0 Å². The molecule has 0 saturated heterocycles. The minimum absolute atomic E-state index is 0.683. The molecule has 0 aliphatic carbocycles. The van der Waals surface area contributed by atoms with Crippen molar-refractivity contribution in [2.75, 3.05) is 0 Å². The summed E-state index contributed by atoms with van der Waals surface area (Å²) in [5, 5.41) is 9.69. The maximum Gasteiger partial charge on any atom is 0.0929 e. The van der Waals surface area contributed by atoms with Crippen LogP contribution < -0.4 is 10.4 Å². The highest BCUT2D eigenvalue weighted by molar-refractivity contribution is 5.65. The van der Waals surface area contributed by atoms with E-state index in [2.05, 4.69) is 36.5 Å². The molecule has 0 bridgehead atoms. The second kappa shape index (κ2) is 8.38. The summed E-state index contributed by atoms with van der Waals surface area (Å²) in [6.07, 6.45) is 4.83. The number of azo groups is 1. The van der Waals surface area contributed by atoms with Gasteiger partial charge in [-0.1, -0.05) is 68.8 Å². The van der Waals surface area contributed by atoms with Crippen molar-refractivity contribution in [3.63, 3.8) is 0 Å². The second-order valence-corrected chi connectivity index (χ2v) is 3.99. The Hall–Kier alpha value is -2.74. The Labute approximate surface area is 119 Å². The third-order valence-electron chi connectivity index (χ3n) is 2.37. The Balaban J connectivity index is 3.59. The number of allylic oxidation sites excluding steroid dienone is 2. The Bertz CT molecular complexity index is 696. The summed E-state index contributed by atoms with van der Waals surface area (Å²) < 4.78 is 0. The van der Waals surface area contributed by atoms with Gasteiger partial charge in [0, 0.05) is 11.8 Å². The van der Waals surface area contributed by atoms with Crippen molar-refractivity contribution in [2.24, 2.45) is 10.2 Å². The van der Waals surface area contributed by atoms with Crippen molar-refractivity contribution in [1.29, 1.82) is 0 Å². The van der Waals surface area contributed by atoms with Gasteiger partial charge >= 0.3 is 0 Å². The molecule has 0 spiro atoms. The number of rotatable bonds is 4. The molecule has 2 heteroatoms. The van der Waals surface area contributed by atoms with E-state index in [-0.39, 0.29) is 0 Å². The average molecular weight is 262 g/mol. The quantitative estimate of drug-likeness (QED) is 0.583. The Kier molecular flexibility index (Phi) is 6.42. The highest BCUT2D eigenvalue weighted by atomic mass is 15.1. The SMILES string of the molecule is C=C/C=C(\N=N/C=C)c1ccc(=C)ccccc(=C)c1. The van der Waals surface area contributed by atoms with Gasteiger partial charge in [0.05, 0.1) is 5.70 Å². The molecule has 1 aromatic carbocycles. The topological polar surface area (TPSA) is 24.7 Å². The summed E-state index contributed by atoms with van der Waals surface area (Å²) in [4.78, 5) is 0. The first-order valence-corrected chi connectivity index (χ1v) is 6.14. The minimum atomic E-state index is 0.683. The van der Waals surface area contributed by atoms with E-state index in [0.29, 0.717) is 5.70 Å². The first-order chi connectivity index (χ1) is 9.67. The third kappa shape index (κ3) is 5.27. The van der Waals surface area contributed by atoms with E-state index in [4.69, 9.17) is 0 Å². The van der Waals surface area contributed by atoms with Crippen LogP contribution in [0.5, 0.6) is 0 Å². The number of hydrogen-bond donors (Lipinski definition) is 0. The molecular formula is C18H18N2. The highest BCUT2D eigenvalue weighted by Crippen LogP contribution is 2.13. The summed E-state index contributed by atoms with van der Waals surface area (Å²) in [7, 11) is 0. The molecule has 0 fully saturated rings. The van der Waals surface area contributed by atoms with Crippen LogP contribution in [-0.4, -0.2) is 0 Å². The van der Waals surface area contributed by atoms with E-state index >= 15 is 0 Å². The molecule has 0 aliphatic heterocycles. The minimum Gasteiger partial charge on any atom is -0.159 e. The van der Waals surface area contributed by atoms with Crippen LogP contribution in [0.3, 0.4) is 0 Å². The molecule has 100 valence electrons. The van der Waals surface area contributed by atoms with Gasteiger partial charge in [0.2, 0.25) is 0 Å². The molecule has 20 heavy (non-hydrogen) atoms. The molecule has 0 amide bonds. The molecule has 1 aromatic rings. The summed E-state index contributed by atoms with van der Waals surface area (Å²) in [5.41, 5.74) is 1.56. The van der Waals surface area contributed by atoms with Gasteiger partial charge in [-0.3, -0.25) is 0 Å². The highest BCUT2D eigenvalue weighted by Gasteiger charge is 1.96. The van der Waals surface area contributed by atoms with Gasteiger partial charge in [-0.25, -0.2) is 0 Å². The van der Waals surface area contributed by atoms with Crippen LogP contribution in [0, 0.1) is 0 Å². The van der Waals surface area contributed by atoms with Gasteiger partial charge in [0.1, 0.15) is 0 Å². The molecule has 0 N–H and O–H groups in total.